The highest BCUT2D eigenvalue weighted by Crippen LogP contribution is 2.19. The lowest BCUT2D eigenvalue weighted by Gasteiger charge is -2.30. The number of rotatable bonds is 5. The summed E-state index contributed by atoms with van der Waals surface area (Å²) < 4.78 is 0. The van der Waals surface area contributed by atoms with E-state index >= 15 is 0 Å². The molecule has 7 nitrogen and oxygen atoms in total. The van der Waals surface area contributed by atoms with Gasteiger partial charge in [0.05, 0.1) is 6.42 Å². The molecule has 0 spiro atoms. The smallest absolute Gasteiger partial charge is 0.326 e. The lowest BCUT2D eigenvalue weighted by molar-refractivity contribution is -0.145. The topological polar surface area (TPSA) is 107 Å². The first kappa shape index (κ1) is 16.3. The van der Waals surface area contributed by atoms with Crippen LogP contribution in [0.5, 0.6) is 0 Å². The predicted molar refractivity (Wildman–Crippen MR) is 71.5 cm³/mol. The second-order valence-corrected chi connectivity index (χ2v) is 5.04. The van der Waals surface area contributed by atoms with Crippen LogP contribution in [0.15, 0.2) is 0 Å². The zero-order valence-corrected chi connectivity index (χ0v) is 11.7. The van der Waals surface area contributed by atoms with Crippen molar-refractivity contribution in [1.29, 1.82) is 0 Å². The summed E-state index contributed by atoms with van der Waals surface area (Å²) in [5.74, 6) is -2.58. The number of carbonyl (C=O) groups excluding carboxylic acids is 1. The molecule has 0 aromatic rings. The molecule has 0 radical (unpaired) electrons. The van der Waals surface area contributed by atoms with E-state index in [1.165, 1.54) is 0 Å². The average Bonchev–Trinajstić information content (AvgIpc) is 2.62. The molecule has 0 aliphatic carbocycles. The Morgan fingerprint density at radius 2 is 1.95 bits per heavy atom. The Kier molecular flexibility index (Phi) is 6.27. The van der Waals surface area contributed by atoms with E-state index in [2.05, 4.69) is 5.32 Å². The van der Waals surface area contributed by atoms with Crippen molar-refractivity contribution < 1.29 is 24.6 Å². The molecule has 2 amide bonds. The number of urea groups is 1. The van der Waals surface area contributed by atoms with E-state index in [-0.39, 0.29) is 6.04 Å². The number of carboxylic acids is 2. The van der Waals surface area contributed by atoms with Crippen LogP contribution in [-0.2, 0) is 9.59 Å². The van der Waals surface area contributed by atoms with Crippen LogP contribution >= 0.6 is 0 Å². The Morgan fingerprint density at radius 1 is 1.25 bits per heavy atom. The molecular weight excluding hydrogens is 264 g/mol. The number of hydrogen-bond donors (Lipinski definition) is 3. The van der Waals surface area contributed by atoms with E-state index in [1.807, 2.05) is 6.92 Å². The summed E-state index contributed by atoms with van der Waals surface area (Å²) in [6.07, 6.45) is 4.09. The fraction of sp³-hybridized carbons (Fsp3) is 0.769. The van der Waals surface area contributed by atoms with Gasteiger partial charge >= 0.3 is 18.0 Å². The molecule has 1 aliphatic rings. The second kappa shape index (κ2) is 7.72. The van der Waals surface area contributed by atoms with E-state index < -0.39 is 30.4 Å². The molecule has 1 rings (SSSR count). The molecule has 114 valence electrons. The molecule has 20 heavy (non-hydrogen) atoms. The van der Waals surface area contributed by atoms with E-state index in [0.29, 0.717) is 6.54 Å². The summed E-state index contributed by atoms with van der Waals surface area (Å²) in [5, 5.41) is 19.9. The van der Waals surface area contributed by atoms with E-state index in [1.54, 1.807) is 4.90 Å². The Morgan fingerprint density at radius 3 is 2.50 bits per heavy atom. The van der Waals surface area contributed by atoms with Crippen LogP contribution < -0.4 is 5.32 Å². The highest BCUT2D eigenvalue weighted by atomic mass is 16.4. The lowest BCUT2D eigenvalue weighted by Crippen LogP contribution is -2.51. The van der Waals surface area contributed by atoms with Crippen molar-refractivity contribution >= 4 is 18.0 Å². The van der Waals surface area contributed by atoms with Crippen molar-refractivity contribution in [3.05, 3.63) is 0 Å². The first-order valence-corrected chi connectivity index (χ1v) is 6.97. The second-order valence-electron chi connectivity index (χ2n) is 5.04. The maximum Gasteiger partial charge on any atom is 0.326 e. The van der Waals surface area contributed by atoms with Gasteiger partial charge in [0.1, 0.15) is 6.04 Å². The first-order chi connectivity index (χ1) is 9.45. The fourth-order valence-electron chi connectivity index (χ4n) is 2.48. The van der Waals surface area contributed by atoms with E-state index in [4.69, 9.17) is 10.2 Å². The summed E-state index contributed by atoms with van der Waals surface area (Å²) in [7, 11) is 0. The Hall–Kier alpha value is -1.79. The van der Waals surface area contributed by atoms with Crippen molar-refractivity contribution in [2.24, 2.45) is 0 Å². The van der Waals surface area contributed by atoms with E-state index in [9.17, 15) is 14.4 Å². The Balaban J connectivity index is 2.70. The summed E-state index contributed by atoms with van der Waals surface area (Å²) >= 11 is 0. The minimum absolute atomic E-state index is 0.0942. The minimum Gasteiger partial charge on any atom is -0.481 e. The van der Waals surface area contributed by atoms with Crippen molar-refractivity contribution in [2.45, 2.75) is 57.5 Å². The third-order valence-corrected chi connectivity index (χ3v) is 3.58. The summed E-state index contributed by atoms with van der Waals surface area (Å²) in [5.41, 5.74) is 0. The average molecular weight is 286 g/mol. The summed E-state index contributed by atoms with van der Waals surface area (Å²) in [6.45, 7) is 2.58. The number of nitrogens with one attached hydrogen (secondary N) is 1. The zero-order valence-electron chi connectivity index (χ0n) is 11.7. The molecule has 1 saturated heterocycles. The number of likely N-dealkylation sites (tertiary alicyclic amines) is 1. The van der Waals surface area contributed by atoms with Gasteiger partial charge in [0.15, 0.2) is 0 Å². The van der Waals surface area contributed by atoms with Crippen LogP contribution in [0.3, 0.4) is 0 Å². The van der Waals surface area contributed by atoms with Gasteiger partial charge in [0, 0.05) is 12.6 Å². The number of hydrogen-bond acceptors (Lipinski definition) is 3. The van der Waals surface area contributed by atoms with Gasteiger partial charge in [-0.15, -0.1) is 0 Å². The van der Waals surface area contributed by atoms with Gasteiger partial charge in [-0.3, -0.25) is 4.79 Å². The standard InChI is InChI=1S/C13H22N2O5/c1-2-9-6-4-3-5-7-15(9)13(20)14-10(12(18)19)8-11(16)17/h9-10H,2-8H2,1H3,(H,14,20)(H,16,17)(H,18,19)/t9?,10-/m0/s1. The van der Waals surface area contributed by atoms with Gasteiger partial charge in [-0.05, 0) is 19.3 Å². The fourth-order valence-corrected chi connectivity index (χ4v) is 2.48. The largest absolute Gasteiger partial charge is 0.481 e. The quantitative estimate of drug-likeness (QED) is 0.705. The number of nitrogens with zero attached hydrogens (tertiary/aromatic N) is 1. The molecule has 0 saturated carbocycles. The van der Waals surface area contributed by atoms with Crippen molar-refractivity contribution in [3.8, 4) is 0 Å². The van der Waals surface area contributed by atoms with Crippen molar-refractivity contribution in [3.63, 3.8) is 0 Å². The molecule has 0 aromatic heterocycles. The molecular formula is C13H22N2O5. The predicted octanol–water partition coefficient (Wildman–Crippen LogP) is 1.28. The molecule has 2 atom stereocenters. The van der Waals surface area contributed by atoms with Gasteiger partial charge in [0.2, 0.25) is 0 Å². The van der Waals surface area contributed by atoms with Gasteiger partial charge in [-0.25, -0.2) is 9.59 Å². The normalized spacial score (nSPS) is 20.9. The van der Waals surface area contributed by atoms with Crippen LogP contribution in [0.4, 0.5) is 4.79 Å². The molecule has 1 heterocycles. The molecule has 0 aromatic carbocycles. The van der Waals surface area contributed by atoms with Crippen molar-refractivity contribution in [2.75, 3.05) is 6.54 Å². The number of amides is 2. The zero-order chi connectivity index (χ0) is 15.1. The summed E-state index contributed by atoms with van der Waals surface area (Å²) in [6, 6.07) is -1.77. The Labute approximate surface area is 117 Å². The van der Waals surface area contributed by atoms with Crippen LogP contribution in [0.1, 0.15) is 45.4 Å². The third-order valence-electron chi connectivity index (χ3n) is 3.58. The lowest BCUT2D eigenvalue weighted by atomic mass is 10.1. The van der Waals surface area contributed by atoms with Gasteiger partial charge in [-0.2, -0.15) is 0 Å². The number of carbonyl (C=O) groups is 3. The SMILES string of the molecule is CCC1CCCCCN1C(=O)N[C@@H](CC(=O)O)C(=O)O. The van der Waals surface area contributed by atoms with Crippen LogP contribution in [-0.4, -0.2) is 51.7 Å². The number of carboxylic acid groups (broad SMARTS) is 2. The monoisotopic (exact) mass is 286 g/mol. The maximum absolute atomic E-state index is 12.2. The third kappa shape index (κ3) is 4.71. The maximum atomic E-state index is 12.2. The number of aliphatic carboxylic acids is 2. The van der Waals surface area contributed by atoms with Crippen molar-refractivity contribution in [1.82, 2.24) is 10.2 Å². The molecule has 3 N–H and O–H groups in total. The minimum atomic E-state index is -1.39. The van der Waals surface area contributed by atoms with Gasteiger partial charge < -0.3 is 20.4 Å². The first-order valence-electron chi connectivity index (χ1n) is 6.97. The highest BCUT2D eigenvalue weighted by molar-refractivity contribution is 5.86. The molecule has 0 bridgehead atoms. The molecule has 1 unspecified atom stereocenters. The summed E-state index contributed by atoms with van der Waals surface area (Å²) in [4.78, 5) is 35.4. The van der Waals surface area contributed by atoms with Crippen LogP contribution in [0.25, 0.3) is 0 Å². The molecule has 1 fully saturated rings. The van der Waals surface area contributed by atoms with Gasteiger partial charge in [-0.1, -0.05) is 19.8 Å². The van der Waals surface area contributed by atoms with E-state index in [0.717, 1.165) is 32.1 Å². The van der Waals surface area contributed by atoms with Crippen LogP contribution in [0, 0.1) is 0 Å². The highest BCUT2D eigenvalue weighted by Gasteiger charge is 2.29. The molecule has 7 heteroatoms. The Bertz CT molecular complexity index is 372. The van der Waals surface area contributed by atoms with Gasteiger partial charge in [0.25, 0.3) is 0 Å². The molecule has 1 aliphatic heterocycles. The van der Waals surface area contributed by atoms with Crippen LogP contribution in [0.2, 0.25) is 0 Å².